The van der Waals surface area contributed by atoms with Crippen LogP contribution in [0.15, 0.2) is 30.5 Å². The van der Waals surface area contributed by atoms with E-state index in [0.29, 0.717) is 29.1 Å². The molecule has 1 aromatic carbocycles. The number of aromatic nitrogens is 2. The first kappa shape index (κ1) is 13.8. The summed E-state index contributed by atoms with van der Waals surface area (Å²) in [6.07, 6.45) is 1.89. The molecule has 1 aromatic heterocycles. The molecule has 6 nitrogen and oxygen atoms in total. The fraction of sp³-hybridized carbons (Fsp3) is 0.214. The molecular weight excluding hydrogens is 256 g/mol. The van der Waals surface area contributed by atoms with Crippen molar-refractivity contribution in [1.82, 2.24) is 10.2 Å². The van der Waals surface area contributed by atoms with Gasteiger partial charge in [-0.1, -0.05) is 13.0 Å². The summed E-state index contributed by atoms with van der Waals surface area (Å²) in [7, 11) is 0. The number of rotatable bonds is 4. The molecule has 1 heterocycles. The van der Waals surface area contributed by atoms with Crippen molar-refractivity contribution in [1.29, 1.82) is 0 Å². The number of nitrogens with one attached hydrogen (secondary N) is 3. The van der Waals surface area contributed by atoms with E-state index in [1.54, 1.807) is 38.1 Å². The summed E-state index contributed by atoms with van der Waals surface area (Å²) in [5.41, 5.74) is 2.47. The fourth-order valence-corrected chi connectivity index (χ4v) is 1.70. The molecule has 0 saturated carbocycles. The SMILES string of the molecule is CCC(=O)Nc1cccc(NC(=O)c2cn[nH]c2C)c1. The van der Waals surface area contributed by atoms with Crippen LogP contribution >= 0.6 is 0 Å². The minimum atomic E-state index is -0.241. The number of aryl methyl sites for hydroxylation is 1. The highest BCUT2D eigenvalue weighted by molar-refractivity contribution is 6.05. The Morgan fingerprint density at radius 3 is 2.55 bits per heavy atom. The van der Waals surface area contributed by atoms with Crippen LogP contribution in [0.25, 0.3) is 0 Å². The normalized spacial score (nSPS) is 10.1. The van der Waals surface area contributed by atoms with Gasteiger partial charge in [-0.25, -0.2) is 0 Å². The highest BCUT2D eigenvalue weighted by Crippen LogP contribution is 2.16. The van der Waals surface area contributed by atoms with Gasteiger partial charge in [0.15, 0.2) is 0 Å². The van der Waals surface area contributed by atoms with Crippen LogP contribution in [0.4, 0.5) is 11.4 Å². The zero-order valence-corrected chi connectivity index (χ0v) is 11.4. The van der Waals surface area contributed by atoms with E-state index in [-0.39, 0.29) is 11.8 Å². The van der Waals surface area contributed by atoms with Crippen molar-refractivity contribution in [2.75, 3.05) is 10.6 Å². The van der Waals surface area contributed by atoms with E-state index in [0.717, 1.165) is 0 Å². The van der Waals surface area contributed by atoms with Crippen LogP contribution in [-0.2, 0) is 4.79 Å². The van der Waals surface area contributed by atoms with Crippen molar-refractivity contribution in [3.63, 3.8) is 0 Å². The van der Waals surface area contributed by atoms with Gasteiger partial charge in [0.25, 0.3) is 5.91 Å². The Morgan fingerprint density at radius 2 is 1.95 bits per heavy atom. The van der Waals surface area contributed by atoms with E-state index in [1.807, 2.05) is 0 Å². The smallest absolute Gasteiger partial charge is 0.259 e. The first-order valence-electron chi connectivity index (χ1n) is 6.31. The van der Waals surface area contributed by atoms with Gasteiger partial charge in [-0.15, -0.1) is 0 Å². The van der Waals surface area contributed by atoms with E-state index < -0.39 is 0 Å². The summed E-state index contributed by atoms with van der Waals surface area (Å²) in [4.78, 5) is 23.4. The van der Waals surface area contributed by atoms with Gasteiger partial charge < -0.3 is 10.6 Å². The molecule has 20 heavy (non-hydrogen) atoms. The number of benzene rings is 1. The van der Waals surface area contributed by atoms with Gasteiger partial charge in [0.05, 0.1) is 11.8 Å². The lowest BCUT2D eigenvalue weighted by Gasteiger charge is -2.08. The lowest BCUT2D eigenvalue weighted by Crippen LogP contribution is -2.13. The zero-order valence-electron chi connectivity index (χ0n) is 11.4. The zero-order chi connectivity index (χ0) is 14.5. The third kappa shape index (κ3) is 3.23. The Balaban J connectivity index is 2.10. The number of nitrogens with zero attached hydrogens (tertiary/aromatic N) is 1. The molecule has 104 valence electrons. The van der Waals surface area contributed by atoms with E-state index in [1.165, 1.54) is 6.20 Å². The molecular formula is C14H16N4O2. The van der Waals surface area contributed by atoms with Crippen LogP contribution < -0.4 is 10.6 Å². The number of carbonyl (C=O) groups excluding carboxylic acids is 2. The molecule has 0 radical (unpaired) electrons. The maximum absolute atomic E-state index is 12.0. The Kier molecular flexibility index (Phi) is 4.14. The highest BCUT2D eigenvalue weighted by atomic mass is 16.2. The van der Waals surface area contributed by atoms with E-state index in [9.17, 15) is 9.59 Å². The number of anilines is 2. The molecule has 0 aliphatic heterocycles. The van der Waals surface area contributed by atoms with Crippen LogP contribution in [0.1, 0.15) is 29.4 Å². The van der Waals surface area contributed by atoms with Crippen molar-refractivity contribution < 1.29 is 9.59 Å². The number of hydrogen-bond acceptors (Lipinski definition) is 3. The average Bonchev–Trinajstić information content (AvgIpc) is 2.85. The molecule has 0 fully saturated rings. The quantitative estimate of drug-likeness (QED) is 0.798. The Hall–Kier alpha value is -2.63. The van der Waals surface area contributed by atoms with Crippen molar-refractivity contribution in [3.05, 3.63) is 41.7 Å². The van der Waals surface area contributed by atoms with Gasteiger partial charge in [0, 0.05) is 23.5 Å². The van der Waals surface area contributed by atoms with Crippen LogP contribution in [0, 0.1) is 6.92 Å². The summed E-state index contributed by atoms with van der Waals surface area (Å²) < 4.78 is 0. The Labute approximate surface area is 116 Å². The first-order valence-corrected chi connectivity index (χ1v) is 6.31. The molecule has 0 saturated heterocycles. The average molecular weight is 272 g/mol. The summed E-state index contributed by atoms with van der Waals surface area (Å²) in [5.74, 6) is -0.311. The van der Waals surface area contributed by atoms with E-state index in [2.05, 4.69) is 20.8 Å². The van der Waals surface area contributed by atoms with Crippen molar-refractivity contribution in [3.8, 4) is 0 Å². The topological polar surface area (TPSA) is 86.9 Å². The monoisotopic (exact) mass is 272 g/mol. The molecule has 0 atom stereocenters. The fourth-order valence-electron chi connectivity index (χ4n) is 1.70. The number of carbonyl (C=O) groups is 2. The second kappa shape index (κ2) is 6.01. The Bertz CT molecular complexity index is 634. The number of amides is 2. The van der Waals surface area contributed by atoms with Crippen LogP contribution in [0.2, 0.25) is 0 Å². The van der Waals surface area contributed by atoms with Gasteiger partial charge in [0.2, 0.25) is 5.91 Å². The largest absolute Gasteiger partial charge is 0.326 e. The molecule has 0 aliphatic rings. The minimum Gasteiger partial charge on any atom is -0.326 e. The van der Waals surface area contributed by atoms with Gasteiger partial charge in [-0.3, -0.25) is 14.7 Å². The summed E-state index contributed by atoms with van der Waals surface area (Å²) >= 11 is 0. The first-order chi connectivity index (χ1) is 9.60. The number of hydrogen-bond donors (Lipinski definition) is 3. The highest BCUT2D eigenvalue weighted by Gasteiger charge is 2.11. The molecule has 6 heteroatoms. The second-order valence-corrected chi connectivity index (χ2v) is 4.35. The lowest BCUT2D eigenvalue weighted by molar-refractivity contribution is -0.115. The van der Waals surface area contributed by atoms with E-state index in [4.69, 9.17) is 0 Å². The Morgan fingerprint density at radius 1 is 1.25 bits per heavy atom. The summed E-state index contributed by atoms with van der Waals surface area (Å²) in [6.45, 7) is 3.56. The maximum atomic E-state index is 12.0. The van der Waals surface area contributed by atoms with E-state index >= 15 is 0 Å². The molecule has 0 spiro atoms. The second-order valence-electron chi connectivity index (χ2n) is 4.35. The number of H-pyrrole nitrogens is 1. The lowest BCUT2D eigenvalue weighted by atomic mass is 10.2. The molecule has 2 aromatic rings. The molecule has 0 aliphatic carbocycles. The van der Waals surface area contributed by atoms with Crippen LogP contribution in [0.5, 0.6) is 0 Å². The van der Waals surface area contributed by atoms with Crippen LogP contribution in [0.3, 0.4) is 0 Å². The van der Waals surface area contributed by atoms with Gasteiger partial charge in [-0.05, 0) is 25.1 Å². The number of aromatic amines is 1. The third-order valence-electron chi connectivity index (χ3n) is 2.80. The standard InChI is InChI=1S/C14H16N4O2/c1-3-13(19)16-10-5-4-6-11(7-10)17-14(20)12-8-15-18-9(12)2/h4-8H,3H2,1-2H3,(H,15,18)(H,16,19)(H,17,20). The molecule has 0 unspecified atom stereocenters. The predicted octanol–water partition coefficient (Wildman–Crippen LogP) is 2.32. The molecule has 2 rings (SSSR count). The van der Waals surface area contributed by atoms with Gasteiger partial charge in [-0.2, -0.15) is 5.10 Å². The van der Waals surface area contributed by atoms with Gasteiger partial charge in [0.1, 0.15) is 0 Å². The summed E-state index contributed by atoms with van der Waals surface area (Å²) in [6, 6.07) is 7.01. The maximum Gasteiger partial charge on any atom is 0.259 e. The van der Waals surface area contributed by atoms with Crippen LogP contribution in [-0.4, -0.2) is 22.0 Å². The van der Waals surface area contributed by atoms with Crippen molar-refractivity contribution in [2.45, 2.75) is 20.3 Å². The minimum absolute atomic E-state index is 0.0702. The predicted molar refractivity (Wildman–Crippen MR) is 76.6 cm³/mol. The third-order valence-corrected chi connectivity index (χ3v) is 2.80. The molecule has 3 N–H and O–H groups in total. The van der Waals surface area contributed by atoms with Crippen molar-refractivity contribution >= 4 is 23.2 Å². The molecule has 2 amide bonds. The van der Waals surface area contributed by atoms with Gasteiger partial charge >= 0.3 is 0 Å². The van der Waals surface area contributed by atoms with Crippen molar-refractivity contribution in [2.24, 2.45) is 0 Å². The molecule has 0 bridgehead atoms. The summed E-state index contributed by atoms with van der Waals surface area (Å²) in [5, 5.41) is 12.0.